The first-order valence-corrected chi connectivity index (χ1v) is 6.41. The van der Waals surface area contributed by atoms with Crippen molar-refractivity contribution < 1.29 is 17.7 Å². The minimum atomic E-state index is -4.09. The lowest BCUT2D eigenvalue weighted by atomic mass is 10.2. The van der Waals surface area contributed by atoms with Gasteiger partial charge in [-0.1, -0.05) is 0 Å². The number of morpholine rings is 1. The van der Waals surface area contributed by atoms with Gasteiger partial charge in [0.1, 0.15) is 0 Å². The lowest BCUT2D eigenvalue weighted by molar-refractivity contribution is 0.122. The largest absolute Gasteiger partial charge is 0.378 e. The number of hydrogen-bond acceptors (Lipinski definition) is 4. The lowest BCUT2D eigenvalue weighted by Crippen LogP contribution is -2.36. The van der Waals surface area contributed by atoms with Gasteiger partial charge in [0.25, 0.3) is 10.1 Å². The van der Waals surface area contributed by atoms with E-state index in [0.29, 0.717) is 13.2 Å². The molecule has 0 aromatic heterocycles. The van der Waals surface area contributed by atoms with Gasteiger partial charge in [0.05, 0.1) is 18.1 Å². The highest BCUT2D eigenvalue weighted by atomic mass is 35.5. The highest BCUT2D eigenvalue weighted by Crippen LogP contribution is 2.18. The maximum atomic E-state index is 10.8. The second-order valence-corrected chi connectivity index (χ2v) is 4.99. The summed E-state index contributed by atoms with van der Waals surface area (Å²) in [5, 5.41) is 0. The van der Waals surface area contributed by atoms with Crippen LogP contribution in [0.1, 0.15) is 0 Å². The molecule has 0 radical (unpaired) electrons. The molecule has 0 atom stereocenters. The van der Waals surface area contributed by atoms with Crippen molar-refractivity contribution in [3.05, 3.63) is 24.3 Å². The van der Waals surface area contributed by atoms with Crippen molar-refractivity contribution in [2.45, 2.75) is 4.90 Å². The number of anilines is 1. The first-order chi connectivity index (χ1) is 7.57. The number of nitrogens with zero attached hydrogens (tertiary/aromatic N) is 1. The van der Waals surface area contributed by atoms with E-state index in [1.54, 1.807) is 12.1 Å². The summed E-state index contributed by atoms with van der Waals surface area (Å²) in [5.74, 6) is 0. The Morgan fingerprint density at radius 3 is 2.12 bits per heavy atom. The molecule has 96 valence electrons. The summed E-state index contributed by atoms with van der Waals surface area (Å²) in [4.78, 5) is 2.03. The third kappa shape index (κ3) is 3.57. The molecule has 2 rings (SSSR count). The summed E-state index contributed by atoms with van der Waals surface area (Å²) >= 11 is 0. The molecule has 0 saturated carbocycles. The Bertz CT molecular complexity index is 454. The molecule has 0 aliphatic carbocycles. The van der Waals surface area contributed by atoms with Gasteiger partial charge in [-0.2, -0.15) is 8.42 Å². The van der Waals surface area contributed by atoms with Crippen LogP contribution < -0.4 is 4.90 Å². The van der Waals surface area contributed by atoms with Crippen molar-refractivity contribution in [1.82, 2.24) is 0 Å². The van der Waals surface area contributed by atoms with Crippen molar-refractivity contribution in [3.63, 3.8) is 0 Å². The van der Waals surface area contributed by atoms with E-state index in [-0.39, 0.29) is 17.3 Å². The van der Waals surface area contributed by atoms with Crippen LogP contribution in [0.4, 0.5) is 5.69 Å². The Labute approximate surface area is 107 Å². The van der Waals surface area contributed by atoms with Crippen molar-refractivity contribution in [2.75, 3.05) is 31.2 Å². The third-order valence-electron chi connectivity index (χ3n) is 2.51. The Balaban J connectivity index is 0.00000144. The minimum absolute atomic E-state index is 0. The van der Waals surface area contributed by atoms with Crippen molar-refractivity contribution in [2.24, 2.45) is 0 Å². The molecular weight excluding hydrogens is 266 g/mol. The van der Waals surface area contributed by atoms with Crippen molar-refractivity contribution >= 4 is 28.2 Å². The van der Waals surface area contributed by atoms with E-state index in [2.05, 4.69) is 4.90 Å². The maximum absolute atomic E-state index is 10.8. The Kier molecular flexibility index (Phi) is 4.76. The van der Waals surface area contributed by atoms with Gasteiger partial charge < -0.3 is 9.64 Å². The molecule has 1 aromatic carbocycles. The predicted molar refractivity (Wildman–Crippen MR) is 66.5 cm³/mol. The number of halogens is 1. The molecule has 0 spiro atoms. The van der Waals surface area contributed by atoms with Gasteiger partial charge in [-0.25, -0.2) is 0 Å². The molecule has 7 heteroatoms. The molecule has 1 fully saturated rings. The molecule has 1 aromatic rings. The van der Waals surface area contributed by atoms with E-state index in [1.165, 1.54) is 12.1 Å². The highest BCUT2D eigenvalue weighted by Gasteiger charge is 2.13. The second kappa shape index (κ2) is 5.68. The monoisotopic (exact) mass is 279 g/mol. The normalized spacial score (nSPS) is 16.4. The topological polar surface area (TPSA) is 66.8 Å². The molecule has 1 aliphatic heterocycles. The van der Waals surface area contributed by atoms with Crippen LogP contribution >= 0.6 is 12.4 Å². The van der Waals surface area contributed by atoms with E-state index < -0.39 is 10.1 Å². The van der Waals surface area contributed by atoms with Crippen LogP contribution in [0.2, 0.25) is 0 Å². The zero-order chi connectivity index (χ0) is 11.6. The molecule has 0 unspecified atom stereocenters. The minimum Gasteiger partial charge on any atom is -0.378 e. The Morgan fingerprint density at radius 1 is 1.12 bits per heavy atom. The number of hydrogen-bond donors (Lipinski definition) is 1. The molecule has 17 heavy (non-hydrogen) atoms. The van der Waals surface area contributed by atoms with E-state index in [4.69, 9.17) is 9.29 Å². The smallest absolute Gasteiger partial charge is 0.294 e. The summed E-state index contributed by atoms with van der Waals surface area (Å²) in [7, 11) is -4.09. The van der Waals surface area contributed by atoms with Crippen LogP contribution in [0.3, 0.4) is 0 Å². The number of rotatable bonds is 2. The predicted octanol–water partition coefficient (Wildman–Crippen LogP) is 1.19. The van der Waals surface area contributed by atoms with Crippen LogP contribution in [-0.2, 0) is 14.9 Å². The second-order valence-electron chi connectivity index (χ2n) is 3.57. The molecule has 0 bridgehead atoms. The first kappa shape index (κ1) is 14.2. The van der Waals surface area contributed by atoms with E-state index in [9.17, 15) is 8.42 Å². The summed E-state index contributed by atoms with van der Waals surface area (Å²) in [6, 6.07) is 6.18. The SMILES string of the molecule is Cl.O=S(=O)(O)c1ccc(N2CCOCC2)cc1. The molecule has 1 saturated heterocycles. The molecule has 5 nitrogen and oxygen atoms in total. The maximum Gasteiger partial charge on any atom is 0.294 e. The van der Waals surface area contributed by atoms with E-state index >= 15 is 0 Å². The zero-order valence-corrected chi connectivity index (χ0v) is 10.7. The highest BCUT2D eigenvalue weighted by molar-refractivity contribution is 7.85. The fourth-order valence-corrected chi connectivity index (χ4v) is 2.13. The molecule has 0 amide bonds. The van der Waals surface area contributed by atoms with Crippen LogP contribution in [0, 0.1) is 0 Å². The van der Waals surface area contributed by atoms with Crippen LogP contribution in [0.25, 0.3) is 0 Å². The van der Waals surface area contributed by atoms with Gasteiger partial charge in [-0.15, -0.1) is 12.4 Å². The van der Waals surface area contributed by atoms with E-state index in [1.807, 2.05) is 0 Å². The van der Waals surface area contributed by atoms with E-state index in [0.717, 1.165) is 18.8 Å². The number of benzene rings is 1. The van der Waals surface area contributed by atoms with Crippen LogP contribution in [0.5, 0.6) is 0 Å². The van der Waals surface area contributed by atoms with Gasteiger partial charge in [0.2, 0.25) is 0 Å². The van der Waals surface area contributed by atoms with Crippen LogP contribution in [-0.4, -0.2) is 39.3 Å². The van der Waals surface area contributed by atoms with Gasteiger partial charge >= 0.3 is 0 Å². The van der Waals surface area contributed by atoms with Gasteiger partial charge in [0.15, 0.2) is 0 Å². The van der Waals surface area contributed by atoms with Crippen molar-refractivity contribution in [3.8, 4) is 0 Å². The van der Waals surface area contributed by atoms with Gasteiger partial charge in [0, 0.05) is 18.8 Å². The summed E-state index contributed by atoms with van der Waals surface area (Å²) in [6.45, 7) is 2.95. The molecule has 1 aliphatic rings. The summed E-state index contributed by atoms with van der Waals surface area (Å²) in [5.41, 5.74) is 0.940. The Hall–Kier alpha value is -0.820. The Morgan fingerprint density at radius 2 is 1.65 bits per heavy atom. The zero-order valence-electron chi connectivity index (χ0n) is 9.07. The lowest BCUT2D eigenvalue weighted by Gasteiger charge is -2.28. The molecular formula is C10H14ClNO4S. The molecule has 1 N–H and O–H groups in total. The fraction of sp³-hybridized carbons (Fsp3) is 0.400. The average Bonchev–Trinajstić information content (AvgIpc) is 2.29. The van der Waals surface area contributed by atoms with Gasteiger partial charge in [-0.3, -0.25) is 4.55 Å². The standard InChI is InChI=1S/C10H13NO4S.ClH/c12-16(13,14)10-3-1-9(2-4-10)11-5-7-15-8-6-11;/h1-4H,5-8H2,(H,12,13,14);1H. The fourth-order valence-electron chi connectivity index (χ4n) is 1.65. The average molecular weight is 280 g/mol. The molecule has 1 heterocycles. The quantitative estimate of drug-likeness (QED) is 0.824. The van der Waals surface area contributed by atoms with Crippen molar-refractivity contribution in [1.29, 1.82) is 0 Å². The summed E-state index contributed by atoms with van der Waals surface area (Å²) < 4.78 is 35.7. The first-order valence-electron chi connectivity index (χ1n) is 4.97. The summed E-state index contributed by atoms with van der Waals surface area (Å²) in [6.07, 6.45) is 0. The third-order valence-corrected chi connectivity index (χ3v) is 3.38. The van der Waals surface area contributed by atoms with Crippen LogP contribution in [0.15, 0.2) is 29.2 Å². The number of ether oxygens (including phenoxy) is 1. The van der Waals surface area contributed by atoms with Gasteiger partial charge in [-0.05, 0) is 24.3 Å².